The summed E-state index contributed by atoms with van der Waals surface area (Å²) < 4.78 is 18.5. The fourth-order valence-corrected chi connectivity index (χ4v) is 2.91. The molecule has 5 nitrogen and oxygen atoms in total. The number of hydrogen-bond acceptors (Lipinski definition) is 4. The summed E-state index contributed by atoms with van der Waals surface area (Å²) in [5.41, 5.74) is 0.702. The van der Waals surface area contributed by atoms with Crippen molar-refractivity contribution in [3.8, 4) is 0 Å². The largest absolute Gasteiger partial charge is 0.349 e. The highest BCUT2D eigenvalue weighted by Crippen LogP contribution is 2.19. The summed E-state index contributed by atoms with van der Waals surface area (Å²) >= 11 is 5.62. The van der Waals surface area contributed by atoms with Crippen molar-refractivity contribution < 1.29 is 13.7 Å². The second-order valence-corrected chi connectivity index (χ2v) is 6.09. The van der Waals surface area contributed by atoms with Gasteiger partial charge in [0.2, 0.25) is 5.76 Å². The number of carbonyl (C=O) groups excluding carboxylic acids is 1. The van der Waals surface area contributed by atoms with Gasteiger partial charge in [-0.25, -0.2) is 4.39 Å². The number of aromatic nitrogens is 1. The van der Waals surface area contributed by atoms with Crippen molar-refractivity contribution in [2.24, 2.45) is 5.92 Å². The number of amides is 1. The molecule has 2 heterocycles. The zero-order valence-corrected chi connectivity index (χ0v) is 13.2. The van der Waals surface area contributed by atoms with E-state index in [1.54, 1.807) is 12.1 Å². The molecule has 0 radical (unpaired) electrons. The van der Waals surface area contributed by atoms with Crippen molar-refractivity contribution in [2.45, 2.75) is 13.0 Å². The van der Waals surface area contributed by atoms with E-state index >= 15 is 0 Å². The second kappa shape index (κ2) is 7.10. The Hall–Kier alpha value is -1.92. The fourth-order valence-electron chi connectivity index (χ4n) is 2.78. The molecule has 0 bridgehead atoms. The Balaban J connectivity index is 1.47. The van der Waals surface area contributed by atoms with E-state index in [1.165, 1.54) is 12.1 Å². The maximum atomic E-state index is 13.7. The molecular formula is C16H17ClFN3O2. The highest BCUT2D eigenvalue weighted by Gasteiger charge is 2.24. The summed E-state index contributed by atoms with van der Waals surface area (Å²) in [7, 11) is 0. The molecule has 122 valence electrons. The average Bonchev–Trinajstić information content (AvgIpc) is 3.16. The minimum absolute atomic E-state index is 0.108. The van der Waals surface area contributed by atoms with Gasteiger partial charge in [0.05, 0.1) is 0 Å². The number of likely N-dealkylation sites (tertiary alicyclic amines) is 1. The summed E-state index contributed by atoms with van der Waals surface area (Å²) in [5.74, 6) is -0.0521. The van der Waals surface area contributed by atoms with E-state index in [4.69, 9.17) is 16.1 Å². The molecule has 1 aromatic carbocycles. The van der Waals surface area contributed by atoms with E-state index in [1.807, 2.05) is 6.07 Å². The van der Waals surface area contributed by atoms with Crippen molar-refractivity contribution in [3.05, 3.63) is 52.6 Å². The number of nitrogens with one attached hydrogen (secondary N) is 1. The highest BCUT2D eigenvalue weighted by molar-refractivity contribution is 6.29. The van der Waals surface area contributed by atoms with Crippen LogP contribution in [-0.4, -0.2) is 35.6 Å². The first-order valence-electron chi connectivity index (χ1n) is 7.48. The molecule has 3 rings (SSSR count). The summed E-state index contributed by atoms with van der Waals surface area (Å²) in [6.45, 7) is 2.86. The zero-order valence-electron chi connectivity index (χ0n) is 12.5. The van der Waals surface area contributed by atoms with Crippen LogP contribution in [0.3, 0.4) is 0 Å². The molecule has 0 spiro atoms. The number of rotatable bonds is 5. The topological polar surface area (TPSA) is 58.4 Å². The minimum Gasteiger partial charge on any atom is -0.349 e. The van der Waals surface area contributed by atoms with Crippen LogP contribution < -0.4 is 5.32 Å². The lowest BCUT2D eigenvalue weighted by molar-refractivity contribution is 0.0910. The zero-order chi connectivity index (χ0) is 16.2. The van der Waals surface area contributed by atoms with Gasteiger partial charge < -0.3 is 9.84 Å². The van der Waals surface area contributed by atoms with Gasteiger partial charge >= 0.3 is 0 Å². The fraction of sp³-hybridized carbons (Fsp3) is 0.375. The molecule has 2 aromatic rings. The summed E-state index contributed by atoms with van der Waals surface area (Å²) in [6, 6.07) is 8.20. The van der Waals surface area contributed by atoms with Gasteiger partial charge in [0.25, 0.3) is 5.91 Å². The molecule has 1 aliphatic heterocycles. The molecule has 1 amide bonds. The van der Waals surface area contributed by atoms with Crippen LogP contribution in [0.4, 0.5) is 4.39 Å². The first-order valence-corrected chi connectivity index (χ1v) is 7.86. The molecule has 1 unspecified atom stereocenters. The van der Waals surface area contributed by atoms with E-state index in [-0.39, 0.29) is 22.6 Å². The number of hydrogen-bond donors (Lipinski definition) is 1. The molecule has 1 atom stereocenters. The third-order valence-electron chi connectivity index (χ3n) is 3.98. The third kappa shape index (κ3) is 4.09. The van der Waals surface area contributed by atoms with E-state index < -0.39 is 0 Å². The van der Waals surface area contributed by atoms with Gasteiger partial charge in [0.15, 0.2) is 5.15 Å². The molecule has 1 saturated heterocycles. The van der Waals surface area contributed by atoms with Gasteiger partial charge in [-0.2, -0.15) is 0 Å². The van der Waals surface area contributed by atoms with Crippen LogP contribution in [0.25, 0.3) is 0 Å². The van der Waals surface area contributed by atoms with Crippen molar-refractivity contribution in [2.75, 3.05) is 19.6 Å². The minimum atomic E-state index is -0.322. The van der Waals surface area contributed by atoms with Gasteiger partial charge in [-0.15, -0.1) is 0 Å². The summed E-state index contributed by atoms with van der Waals surface area (Å²) in [6.07, 6.45) is 0.964. The Morgan fingerprint density at radius 1 is 1.48 bits per heavy atom. The van der Waals surface area contributed by atoms with Crippen molar-refractivity contribution in [3.63, 3.8) is 0 Å². The lowest BCUT2D eigenvalue weighted by Crippen LogP contribution is -2.30. The maximum Gasteiger partial charge on any atom is 0.289 e. The molecular weight excluding hydrogens is 321 g/mol. The first kappa shape index (κ1) is 16.0. The van der Waals surface area contributed by atoms with Crippen LogP contribution in [0.1, 0.15) is 22.5 Å². The van der Waals surface area contributed by atoms with Gasteiger partial charge in [-0.1, -0.05) is 35.0 Å². The lowest BCUT2D eigenvalue weighted by Gasteiger charge is -2.16. The van der Waals surface area contributed by atoms with Crippen LogP contribution in [0.15, 0.2) is 34.9 Å². The van der Waals surface area contributed by atoms with Crippen LogP contribution in [0.5, 0.6) is 0 Å². The van der Waals surface area contributed by atoms with Crippen molar-refractivity contribution in [1.82, 2.24) is 15.4 Å². The Labute approximate surface area is 138 Å². The van der Waals surface area contributed by atoms with E-state index in [0.717, 1.165) is 19.5 Å². The number of carbonyl (C=O) groups is 1. The number of nitrogens with zero attached hydrogens (tertiary/aromatic N) is 2. The molecule has 0 saturated carbocycles. The van der Waals surface area contributed by atoms with Gasteiger partial charge in [-0.3, -0.25) is 9.69 Å². The quantitative estimate of drug-likeness (QED) is 0.911. The molecule has 1 fully saturated rings. The van der Waals surface area contributed by atoms with Crippen molar-refractivity contribution in [1.29, 1.82) is 0 Å². The van der Waals surface area contributed by atoms with Crippen LogP contribution in [-0.2, 0) is 6.54 Å². The molecule has 1 N–H and O–H groups in total. The Kier molecular flexibility index (Phi) is 4.93. The summed E-state index contributed by atoms with van der Waals surface area (Å²) in [4.78, 5) is 14.1. The van der Waals surface area contributed by atoms with E-state index in [2.05, 4.69) is 15.4 Å². The van der Waals surface area contributed by atoms with Crippen molar-refractivity contribution >= 4 is 17.5 Å². The predicted octanol–water partition coefficient (Wildman–Crippen LogP) is 2.72. The Morgan fingerprint density at radius 3 is 3.04 bits per heavy atom. The Bertz CT molecular complexity index is 691. The molecule has 23 heavy (non-hydrogen) atoms. The predicted molar refractivity (Wildman–Crippen MR) is 83.6 cm³/mol. The first-order chi connectivity index (χ1) is 11.1. The molecule has 7 heteroatoms. The highest BCUT2D eigenvalue weighted by atomic mass is 35.5. The number of benzene rings is 1. The molecule has 1 aliphatic rings. The van der Waals surface area contributed by atoms with Crippen LogP contribution >= 0.6 is 11.6 Å². The standard InChI is InChI=1S/C16H17ClFN3O2/c17-15-7-14(23-20-15)16(22)19-8-11-5-6-21(9-11)10-12-3-1-2-4-13(12)18/h1-4,7,11H,5-6,8-10H2,(H,19,22). The second-order valence-electron chi connectivity index (χ2n) is 5.71. The molecule has 1 aromatic heterocycles. The number of halogens is 2. The normalized spacial score (nSPS) is 18.3. The van der Waals surface area contributed by atoms with E-state index in [9.17, 15) is 9.18 Å². The monoisotopic (exact) mass is 337 g/mol. The van der Waals surface area contributed by atoms with Gasteiger partial charge in [0.1, 0.15) is 5.82 Å². The van der Waals surface area contributed by atoms with Gasteiger partial charge in [-0.05, 0) is 24.9 Å². The lowest BCUT2D eigenvalue weighted by atomic mass is 10.1. The smallest absolute Gasteiger partial charge is 0.289 e. The summed E-state index contributed by atoms with van der Waals surface area (Å²) in [5, 5.41) is 6.45. The van der Waals surface area contributed by atoms with Crippen LogP contribution in [0.2, 0.25) is 5.15 Å². The van der Waals surface area contributed by atoms with E-state index in [0.29, 0.717) is 24.6 Å². The van der Waals surface area contributed by atoms with Gasteiger partial charge in [0, 0.05) is 31.3 Å². The third-order valence-corrected chi connectivity index (χ3v) is 4.16. The SMILES string of the molecule is O=C(NCC1CCN(Cc2ccccc2F)C1)c1cc(Cl)no1. The maximum absolute atomic E-state index is 13.7. The molecule has 0 aliphatic carbocycles. The van der Waals surface area contributed by atoms with Crippen LogP contribution in [0, 0.1) is 11.7 Å². The Morgan fingerprint density at radius 2 is 2.30 bits per heavy atom. The average molecular weight is 338 g/mol.